The average Bonchev–Trinajstić information content (AvgIpc) is 3.33. The number of benzene rings is 1. The van der Waals surface area contributed by atoms with Crippen LogP contribution in [0.15, 0.2) is 41.7 Å². The minimum atomic E-state index is -3.65. The van der Waals surface area contributed by atoms with Crippen molar-refractivity contribution in [2.45, 2.75) is 37.6 Å². The molecule has 0 bridgehead atoms. The summed E-state index contributed by atoms with van der Waals surface area (Å²) in [6, 6.07) is 6.62. The number of hydrogen-bond acceptors (Lipinski definition) is 8. The number of amides is 1. The lowest BCUT2D eigenvalue weighted by Gasteiger charge is -2.34. The van der Waals surface area contributed by atoms with Crippen LogP contribution in [0, 0.1) is 0 Å². The molecule has 1 aromatic carbocycles. The van der Waals surface area contributed by atoms with Crippen LogP contribution in [0.4, 0.5) is 11.5 Å². The Labute approximate surface area is 199 Å². The molecule has 182 valence electrons. The molecule has 0 aliphatic carbocycles. The van der Waals surface area contributed by atoms with E-state index in [0.717, 1.165) is 30.6 Å². The molecule has 0 unspecified atom stereocenters. The number of fused-ring (bicyclic) bond motifs is 1. The van der Waals surface area contributed by atoms with Gasteiger partial charge in [-0.1, -0.05) is 26.0 Å². The highest BCUT2D eigenvalue weighted by Crippen LogP contribution is 2.25. The zero-order valence-electron chi connectivity index (χ0n) is 19.4. The smallest absolute Gasteiger partial charge is 0.245 e. The van der Waals surface area contributed by atoms with Crippen molar-refractivity contribution >= 4 is 38.5 Å². The first kappa shape index (κ1) is 23.9. The van der Waals surface area contributed by atoms with Gasteiger partial charge in [-0.25, -0.2) is 18.4 Å². The second-order valence-corrected chi connectivity index (χ2v) is 10.0. The SMILES string of the molecule is CCN(CC)S(=O)(=O)c1ccccc1NCC(=O)N[C@@H]1CCCN(c2ncnc3[nH]ncc23)C1. The van der Waals surface area contributed by atoms with Crippen LogP contribution in [-0.2, 0) is 14.8 Å². The minimum absolute atomic E-state index is 0.0270. The fraction of sp³-hybridized carbons (Fsp3) is 0.455. The van der Waals surface area contributed by atoms with Crippen molar-refractivity contribution in [3.8, 4) is 0 Å². The van der Waals surface area contributed by atoms with Crippen molar-refractivity contribution in [2.75, 3.05) is 42.9 Å². The van der Waals surface area contributed by atoms with E-state index in [1.807, 2.05) is 0 Å². The van der Waals surface area contributed by atoms with E-state index in [-0.39, 0.29) is 23.4 Å². The molecule has 4 rings (SSSR count). The van der Waals surface area contributed by atoms with E-state index in [0.29, 0.717) is 31.0 Å². The van der Waals surface area contributed by atoms with Gasteiger partial charge in [0.25, 0.3) is 0 Å². The molecule has 3 heterocycles. The maximum atomic E-state index is 13.0. The Bertz CT molecular complexity index is 1240. The van der Waals surface area contributed by atoms with E-state index in [1.54, 1.807) is 44.3 Å². The Morgan fingerprint density at radius 2 is 2.03 bits per heavy atom. The molecule has 1 amide bonds. The maximum absolute atomic E-state index is 13.0. The molecule has 1 aliphatic rings. The molecular weight excluding hydrogens is 456 g/mol. The van der Waals surface area contributed by atoms with Crippen LogP contribution in [0.5, 0.6) is 0 Å². The molecule has 3 N–H and O–H groups in total. The third-order valence-electron chi connectivity index (χ3n) is 5.96. The van der Waals surface area contributed by atoms with Crippen LogP contribution in [-0.4, -0.2) is 77.6 Å². The van der Waals surface area contributed by atoms with Crippen molar-refractivity contribution in [1.29, 1.82) is 0 Å². The molecule has 2 aromatic heterocycles. The number of aromatic amines is 1. The summed E-state index contributed by atoms with van der Waals surface area (Å²) in [5.41, 5.74) is 1.09. The summed E-state index contributed by atoms with van der Waals surface area (Å²) in [6.07, 6.45) is 4.98. The Balaban J connectivity index is 1.39. The van der Waals surface area contributed by atoms with Gasteiger partial charge in [-0.2, -0.15) is 9.40 Å². The zero-order valence-corrected chi connectivity index (χ0v) is 20.2. The van der Waals surface area contributed by atoms with Gasteiger partial charge in [0.1, 0.15) is 17.0 Å². The van der Waals surface area contributed by atoms with Crippen LogP contribution in [0.3, 0.4) is 0 Å². The molecule has 3 aromatic rings. The molecule has 12 heteroatoms. The van der Waals surface area contributed by atoms with Gasteiger partial charge in [-0.05, 0) is 25.0 Å². The summed E-state index contributed by atoms with van der Waals surface area (Å²) in [5, 5.41) is 13.8. The Morgan fingerprint density at radius 1 is 1.24 bits per heavy atom. The molecule has 11 nitrogen and oxygen atoms in total. The first-order valence-electron chi connectivity index (χ1n) is 11.5. The second kappa shape index (κ2) is 10.3. The van der Waals surface area contributed by atoms with Crippen molar-refractivity contribution < 1.29 is 13.2 Å². The molecule has 0 radical (unpaired) electrons. The number of sulfonamides is 1. The summed E-state index contributed by atoms with van der Waals surface area (Å²) in [4.78, 5) is 23.6. The number of aromatic nitrogens is 4. The van der Waals surface area contributed by atoms with Crippen LogP contribution in [0.1, 0.15) is 26.7 Å². The van der Waals surface area contributed by atoms with E-state index in [2.05, 4.69) is 35.7 Å². The van der Waals surface area contributed by atoms with Gasteiger partial charge < -0.3 is 15.5 Å². The van der Waals surface area contributed by atoms with Gasteiger partial charge in [0.15, 0.2) is 5.65 Å². The van der Waals surface area contributed by atoms with Crippen molar-refractivity contribution in [2.24, 2.45) is 0 Å². The number of carbonyl (C=O) groups excluding carboxylic acids is 1. The fourth-order valence-electron chi connectivity index (χ4n) is 4.29. The lowest BCUT2D eigenvalue weighted by Crippen LogP contribution is -2.49. The summed E-state index contributed by atoms with van der Waals surface area (Å²) in [6.45, 7) is 5.79. The predicted octanol–water partition coefficient (Wildman–Crippen LogP) is 1.58. The first-order chi connectivity index (χ1) is 16.4. The number of para-hydroxylation sites is 1. The average molecular weight is 487 g/mol. The number of piperidine rings is 1. The van der Waals surface area contributed by atoms with Gasteiger partial charge in [0.05, 0.1) is 23.8 Å². The Hall–Kier alpha value is -3.25. The molecule has 34 heavy (non-hydrogen) atoms. The predicted molar refractivity (Wildman–Crippen MR) is 130 cm³/mol. The first-order valence-corrected chi connectivity index (χ1v) is 12.9. The quantitative estimate of drug-likeness (QED) is 0.415. The number of carbonyl (C=O) groups is 1. The molecule has 1 fully saturated rings. The minimum Gasteiger partial charge on any atom is -0.375 e. The van der Waals surface area contributed by atoms with Gasteiger partial charge in [-0.15, -0.1) is 0 Å². The van der Waals surface area contributed by atoms with Gasteiger partial charge in [-0.3, -0.25) is 9.89 Å². The number of hydrogen-bond donors (Lipinski definition) is 3. The van der Waals surface area contributed by atoms with Crippen LogP contribution in [0.25, 0.3) is 11.0 Å². The largest absolute Gasteiger partial charge is 0.375 e. The Morgan fingerprint density at radius 3 is 2.82 bits per heavy atom. The lowest BCUT2D eigenvalue weighted by atomic mass is 10.1. The van der Waals surface area contributed by atoms with Crippen molar-refractivity contribution in [3.05, 3.63) is 36.8 Å². The summed E-state index contributed by atoms with van der Waals surface area (Å²) in [5.74, 6) is 0.601. The molecule has 0 spiro atoms. The van der Waals surface area contributed by atoms with E-state index in [1.165, 1.54) is 10.6 Å². The molecule has 1 aliphatic heterocycles. The van der Waals surface area contributed by atoms with E-state index in [9.17, 15) is 13.2 Å². The van der Waals surface area contributed by atoms with Gasteiger partial charge in [0.2, 0.25) is 15.9 Å². The topological polar surface area (TPSA) is 136 Å². The maximum Gasteiger partial charge on any atom is 0.245 e. The highest BCUT2D eigenvalue weighted by atomic mass is 32.2. The summed E-state index contributed by atoms with van der Waals surface area (Å²) >= 11 is 0. The van der Waals surface area contributed by atoms with E-state index >= 15 is 0 Å². The number of anilines is 2. The second-order valence-electron chi connectivity index (χ2n) is 8.12. The highest BCUT2D eigenvalue weighted by molar-refractivity contribution is 7.89. The number of nitrogens with one attached hydrogen (secondary N) is 3. The van der Waals surface area contributed by atoms with E-state index in [4.69, 9.17) is 0 Å². The van der Waals surface area contributed by atoms with Crippen LogP contribution in [0.2, 0.25) is 0 Å². The summed E-state index contributed by atoms with van der Waals surface area (Å²) < 4.78 is 27.4. The van der Waals surface area contributed by atoms with Gasteiger partial charge >= 0.3 is 0 Å². The molecule has 0 saturated carbocycles. The van der Waals surface area contributed by atoms with Crippen LogP contribution < -0.4 is 15.5 Å². The third-order valence-corrected chi connectivity index (χ3v) is 8.07. The zero-order chi connectivity index (χ0) is 24.1. The standard InChI is InChI=1S/C22H30N8O3S/c1-3-30(4-2)34(32,33)19-10-6-5-9-18(19)23-13-20(31)27-16-8-7-11-29(14-16)22-17-12-26-28-21(17)24-15-25-22/h5-6,9-10,12,15-16,23H,3-4,7-8,11,13-14H2,1-2H3,(H,27,31)(H,24,25,26,28)/t16-/m1/s1. The third kappa shape index (κ3) is 4.97. The fourth-order valence-corrected chi connectivity index (χ4v) is 5.91. The number of nitrogens with zero attached hydrogens (tertiary/aromatic N) is 5. The Kier molecular flexibility index (Phi) is 7.27. The monoisotopic (exact) mass is 486 g/mol. The normalized spacial score (nSPS) is 16.7. The van der Waals surface area contributed by atoms with Crippen molar-refractivity contribution in [3.63, 3.8) is 0 Å². The molecule has 1 atom stereocenters. The number of H-pyrrole nitrogens is 1. The summed E-state index contributed by atoms with van der Waals surface area (Å²) in [7, 11) is -3.65. The highest BCUT2D eigenvalue weighted by Gasteiger charge is 2.26. The molecular formula is C22H30N8O3S. The van der Waals surface area contributed by atoms with Crippen LogP contribution >= 0.6 is 0 Å². The van der Waals surface area contributed by atoms with Crippen molar-refractivity contribution in [1.82, 2.24) is 29.8 Å². The van der Waals surface area contributed by atoms with Gasteiger partial charge in [0, 0.05) is 32.2 Å². The number of rotatable bonds is 9. The lowest BCUT2D eigenvalue weighted by molar-refractivity contribution is -0.120. The van der Waals surface area contributed by atoms with E-state index < -0.39 is 10.0 Å². The molecule has 1 saturated heterocycles.